The molecule has 0 amide bonds. The van der Waals surface area contributed by atoms with Gasteiger partial charge in [0.1, 0.15) is 5.75 Å². The van der Waals surface area contributed by atoms with Gasteiger partial charge in [0.05, 0.1) is 37.2 Å². The van der Waals surface area contributed by atoms with Crippen molar-refractivity contribution in [2.24, 2.45) is 5.92 Å². The molecule has 7 nitrogen and oxygen atoms in total. The zero-order chi connectivity index (χ0) is 20.4. The van der Waals surface area contributed by atoms with Crippen molar-refractivity contribution in [2.45, 2.75) is 44.6 Å². The van der Waals surface area contributed by atoms with Crippen LogP contribution < -0.4 is 4.74 Å². The quantitative estimate of drug-likeness (QED) is 0.272. The van der Waals surface area contributed by atoms with E-state index in [0.29, 0.717) is 38.2 Å². The summed E-state index contributed by atoms with van der Waals surface area (Å²) in [5, 5.41) is 8.88. The number of carboxylic acids is 1. The van der Waals surface area contributed by atoms with Crippen molar-refractivity contribution in [3.05, 3.63) is 29.8 Å². The molecule has 0 spiro atoms. The molecule has 0 bridgehead atoms. The predicted molar refractivity (Wildman–Crippen MR) is 102 cm³/mol. The number of ether oxygens (including phenoxy) is 3. The Morgan fingerprint density at radius 1 is 1.04 bits per heavy atom. The fourth-order valence-corrected chi connectivity index (χ4v) is 3.13. The Morgan fingerprint density at radius 3 is 2.32 bits per heavy atom. The molecular weight excluding hydrogens is 388 g/mol. The van der Waals surface area contributed by atoms with Crippen LogP contribution in [0.2, 0.25) is 0 Å². The third-order valence-electron chi connectivity index (χ3n) is 4.53. The molecule has 1 aromatic rings. The molecule has 0 aliphatic heterocycles. The average molecular weight is 413 g/mol. The van der Waals surface area contributed by atoms with Gasteiger partial charge in [-0.1, -0.05) is 0 Å². The van der Waals surface area contributed by atoms with Crippen molar-refractivity contribution >= 4 is 29.5 Å². The molecule has 1 N–H and O–H groups in total. The first kappa shape index (κ1) is 22.2. The van der Waals surface area contributed by atoms with Gasteiger partial charge < -0.3 is 19.3 Å². The third-order valence-corrected chi connectivity index (χ3v) is 4.72. The Balaban J connectivity index is 1.62. The van der Waals surface area contributed by atoms with E-state index >= 15 is 0 Å². The monoisotopic (exact) mass is 412 g/mol. The van der Waals surface area contributed by atoms with Gasteiger partial charge in [0.2, 0.25) is 0 Å². The highest BCUT2D eigenvalue weighted by Crippen LogP contribution is 2.28. The number of hydrogen-bond acceptors (Lipinski definition) is 6. The van der Waals surface area contributed by atoms with Crippen LogP contribution in [0.3, 0.4) is 0 Å². The molecule has 1 aliphatic carbocycles. The number of hydrogen-bond donors (Lipinski definition) is 1. The van der Waals surface area contributed by atoms with Crippen LogP contribution in [0.4, 0.5) is 0 Å². The summed E-state index contributed by atoms with van der Waals surface area (Å²) < 4.78 is 16.1. The van der Waals surface area contributed by atoms with E-state index < -0.39 is 5.97 Å². The minimum absolute atomic E-state index is 0.0949. The number of esters is 2. The second-order valence-electron chi connectivity index (χ2n) is 6.61. The zero-order valence-corrected chi connectivity index (χ0v) is 16.4. The van der Waals surface area contributed by atoms with Crippen molar-refractivity contribution in [3.8, 4) is 5.75 Å². The number of aromatic carboxylic acids is 1. The van der Waals surface area contributed by atoms with E-state index in [1.54, 1.807) is 0 Å². The first-order chi connectivity index (χ1) is 13.5. The van der Waals surface area contributed by atoms with Crippen molar-refractivity contribution in [1.29, 1.82) is 0 Å². The average Bonchev–Trinajstić information content (AvgIpc) is 2.69. The summed E-state index contributed by atoms with van der Waals surface area (Å²) in [7, 11) is 0. The normalized spacial score (nSPS) is 19.0. The fourth-order valence-electron chi connectivity index (χ4n) is 2.97. The maximum Gasteiger partial charge on any atom is 0.335 e. The van der Waals surface area contributed by atoms with Gasteiger partial charge in [-0.15, -0.1) is 11.6 Å². The number of benzene rings is 1. The second-order valence-corrected chi connectivity index (χ2v) is 6.99. The third kappa shape index (κ3) is 7.48. The molecule has 8 heteroatoms. The molecule has 0 aromatic heterocycles. The van der Waals surface area contributed by atoms with Crippen LogP contribution in [0, 0.1) is 5.92 Å². The van der Waals surface area contributed by atoms with Gasteiger partial charge in [-0.2, -0.15) is 0 Å². The summed E-state index contributed by atoms with van der Waals surface area (Å²) in [4.78, 5) is 34.3. The Labute approximate surface area is 168 Å². The van der Waals surface area contributed by atoms with Gasteiger partial charge >= 0.3 is 17.9 Å². The number of carbonyl (C=O) groups excluding carboxylic acids is 2. The molecule has 1 saturated carbocycles. The maximum atomic E-state index is 12.3. The van der Waals surface area contributed by atoms with Gasteiger partial charge in [0.25, 0.3) is 0 Å². The lowest BCUT2D eigenvalue weighted by atomic mass is 9.87. The minimum Gasteiger partial charge on any atom is -0.478 e. The van der Waals surface area contributed by atoms with Crippen molar-refractivity contribution in [1.82, 2.24) is 0 Å². The molecule has 154 valence electrons. The maximum absolute atomic E-state index is 12.3. The van der Waals surface area contributed by atoms with Gasteiger partial charge in [0.15, 0.2) is 0 Å². The van der Waals surface area contributed by atoms with E-state index in [1.165, 1.54) is 24.3 Å². The number of alkyl halides is 1. The van der Waals surface area contributed by atoms with Crippen molar-refractivity contribution < 1.29 is 33.7 Å². The van der Waals surface area contributed by atoms with Crippen LogP contribution >= 0.6 is 11.6 Å². The van der Waals surface area contributed by atoms with Crippen molar-refractivity contribution in [2.75, 3.05) is 19.1 Å². The Morgan fingerprint density at radius 2 is 1.71 bits per heavy atom. The van der Waals surface area contributed by atoms with E-state index in [4.69, 9.17) is 30.9 Å². The zero-order valence-electron chi connectivity index (χ0n) is 15.6. The van der Waals surface area contributed by atoms with Gasteiger partial charge in [-0.25, -0.2) is 4.79 Å². The highest BCUT2D eigenvalue weighted by molar-refractivity contribution is 6.18. The lowest BCUT2D eigenvalue weighted by Gasteiger charge is -2.27. The first-order valence-corrected chi connectivity index (χ1v) is 9.91. The molecular formula is C20H25ClO7. The highest BCUT2D eigenvalue weighted by Gasteiger charge is 2.28. The SMILES string of the molecule is O=C(CCCl)OCCCOC1CCC(C(=O)Oc2ccc(C(=O)O)cc2)CC1. The smallest absolute Gasteiger partial charge is 0.335 e. The second kappa shape index (κ2) is 11.7. The van der Waals surface area contributed by atoms with E-state index in [1.807, 2.05) is 0 Å². The van der Waals surface area contributed by atoms with E-state index in [9.17, 15) is 14.4 Å². The van der Waals surface area contributed by atoms with E-state index in [0.717, 1.165) is 12.8 Å². The lowest BCUT2D eigenvalue weighted by molar-refractivity contribution is -0.143. The molecule has 0 radical (unpaired) electrons. The Bertz CT molecular complexity index is 651. The predicted octanol–water partition coefficient (Wildman–Crippen LogP) is 3.43. The molecule has 0 atom stereocenters. The molecule has 0 unspecified atom stereocenters. The summed E-state index contributed by atoms with van der Waals surface area (Å²) >= 11 is 5.46. The van der Waals surface area contributed by atoms with Crippen LogP contribution in [0.5, 0.6) is 5.75 Å². The summed E-state index contributed by atoms with van der Waals surface area (Å²) in [6, 6.07) is 5.78. The first-order valence-electron chi connectivity index (χ1n) is 9.38. The number of carboxylic acid groups (broad SMARTS) is 1. The molecule has 1 aromatic carbocycles. The molecule has 0 saturated heterocycles. The summed E-state index contributed by atoms with van der Waals surface area (Å²) in [5.41, 5.74) is 0.145. The number of carbonyl (C=O) groups is 3. The highest BCUT2D eigenvalue weighted by atomic mass is 35.5. The number of rotatable bonds is 10. The van der Waals surface area contributed by atoms with Crippen LogP contribution in [0.25, 0.3) is 0 Å². The fraction of sp³-hybridized carbons (Fsp3) is 0.550. The van der Waals surface area contributed by atoms with Crippen LogP contribution in [-0.4, -0.2) is 48.2 Å². The van der Waals surface area contributed by atoms with Gasteiger partial charge in [-0.3, -0.25) is 9.59 Å². The van der Waals surface area contributed by atoms with Gasteiger partial charge in [-0.05, 0) is 49.9 Å². The minimum atomic E-state index is -1.02. The largest absolute Gasteiger partial charge is 0.478 e. The summed E-state index contributed by atoms with van der Waals surface area (Å²) in [5.74, 6) is -1.20. The topological polar surface area (TPSA) is 99.1 Å². The molecule has 28 heavy (non-hydrogen) atoms. The molecule has 0 heterocycles. The van der Waals surface area contributed by atoms with E-state index in [-0.39, 0.29) is 41.8 Å². The summed E-state index contributed by atoms with van der Waals surface area (Å²) in [6.45, 7) is 0.821. The molecule has 1 aliphatic rings. The Hall–Kier alpha value is -2.12. The van der Waals surface area contributed by atoms with Crippen LogP contribution in [0.15, 0.2) is 24.3 Å². The van der Waals surface area contributed by atoms with E-state index in [2.05, 4.69) is 0 Å². The van der Waals surface area contributed by atoms with Crippen LogP contribution in [0.1, 0.15) is 48.9 Å². The molecule has 1 fully saturated rings. The van der Waals surface area contributed by atoms with Crippen molar-refractivity contribution in [3.63, 3.8) is 0 Å². The Kier molecular flexibility index (Phi) is 9.23. The number of halogens is 1. The van der Waals surface area contributed by atoms with Crippen LogP contribution in [-0.2, 0) is 19.1 Å². The lowest BCUT2D eigenvalue weighted by Crippen LogP contribution is -2.29. The molecule has 2 rings (SSSR count). The van der Waals surface area contributed by atoms with Gasteiger partial charge in [0, 0.05) is 12.3 Å². The standard InChI is InChI=1S/C20H25ClO7/c21-11-10-18(22)27-13-1-12-26-16-6-4-15(5-7-16)20(25)28-17-8-2-14(3-9-17)19(23)24/h2-3,8-9,15-16H,1,4-7,10-13H2,(H,23,24). The summed E-state index contributed by atoms with van der Waals surface area (Å²) in [6.07, 6.45) is 3.84.